The van der Waals surface area contributed by atoms with Gasteiger partial charge in [-0.05, 0) is 25.8 Å². The molecule has 2 saturated heterocycles. The Kier molecular flexibility index (Phi) is 4.76. The summed E-state index contributed by atoms with van der Waals surface area (Å²) in [6, 6.07) is -0.0184. The minimum absolute atomic E-state index is 0.000920. The molecule has 0 saturated carbocycles. The van der Waals surface area contributed by atoms with Crippen LogP contribution in [0.4, 0.5) is 0 Å². The van der Waals surface area contributed by atoms with Crippen LogP contribution in [0.3, 0.4) is 0 Å². The normalized spacial score (nSPS) is 28.7. The van der Waals surface area contributed by atoms with Crippen LogP contribution < -0.4 is 11.1 Å². The lowest BCUT2D eigenvalue weighted by atomic mass is 9.95. The molecule has 19 heavy (non-hydrogen) atoms. The highest BCUT2D eigenvalue weighted by Gasteiger charge is 2.37. The second-order valence-corrected chi connectivity index (χ2v) is 5.48. The standard InChI is InChI=1S/C13H24N4O2/c1-16-8-4-11(13(16)19)17-7-2-3-10(9-17)12(18)15-6-5-14/h10-11H,2-9,14H2,1H3,(H,15,18). The van der Waals surface area contributed by atoms with Gasteiger partial charge >= 0.3 is 0 Å². The van der Waals surface area contributed by atoms with Gasteiger partial charge in [0.2, 0.25) is 11.8 Å². The first-order valence-electron chi connectivity index (χ1n) is 7.10. The Balaban J connectivity index is 1.90. The summed E-state index contributed by atoms with van der Waals surface area (Å²) in [5.41, 5.74) is 5.39. The van der Waals surface area contributed by atoms with E-state index < -0.39 is 0 Å². The van der Waals surface area contributed by atoms with E-state index in [1.54, 1.807) is 4.90 Å². The van der Waals surface area contributed by atoms with Gasteiger partial charge in [-0.25, -0.2) is 0 Å². The minimum atomic E-state index is -0.0184. The molecule has 3 N–H and O–H groups in total. The summed E-state index contributed by atoms with van der Waals surface area (Å²) in [6.45, 7) is 3.43. The van der Waals surface area contributed by atoms with Crippen LogP contribution in [0.15, 0.2) is 0 Å². The van der Waals surface area contributed by atoms with Gasteiger partial charge < -0.3 is 16.0 Å². The van der Waals surface area contributed by atoms with Crippen molar-refractivity contribution in [1.29, 1.82) is 0 Å². The summed E-state index contributed by atoms with van der Waals surface area (Å²) in [6.07, 6.45) is 2.77. The average Bonchev–Trinajstić information content (AvgIpc) is 2.76. The first-order valence-corrected chi connectivity index (χ1v) is 7.10. The van der Waals surface area contributed by atoms with E-state index in [9.17, 15) is 9.59 Å². The number of hydrogen-bond acceptors (Lipinski definition) is 4. The molecule has 6 heteroatoms. The molecule has 0 bridgehead atoms. The number of likely N-dealkylation sites (tertiary alicyclic amines) is 2. The second-order valence-electron chi connectivity index (χ2n) is 5.48. The predicted molar refractivity (Wildman–Crippen MR) is 72.4 cm³/mol. The van der Waals surface area contributed by atoms with Crippen molar-refractivity contribution in [3.05, 3.63) is 0 Å². The highest BCUT2D eigenvalue weighted by atomic mass is 16.2. The zero-order valence-electron chi connectivity index (χ0n) is 11.6. The van der Waals surface area contributed by atoms with E-state index >= 15 is 0 Å². The molecule has 2 fully saturated rings. The van der Waals surface area contributed by atoms with Gasteiger partial charge in [-0.3, -0.25) is 14.5 Å². The lowest BCUT2D eigenvalue weighted by molar-refractivity contribution is -0.134. The van der Waals surface area contributed by atoms with Crippen molar-refractivity contribution < 1.29 is 9.59 Å². The molecule has 2 aliphatic heterocycles. The molecule has 2 heterocycles. The van der Waals surface area contributed by atoms with Crippen LogP contribution in [0, 0.1) is 5.92 Å². The first-order chi connectivity index (χ1) is 9.13. The lowest BCUT2D eigenvalue weighted by Crippen LogP contribution is -2.49. The van der Waals surface area contributed by atoms with Crippen LogP contribution in [0.5, 0.6) is 0 Å². The fraction of sp³-hybridized carbons (Fsp3) is 0.846. The molecule has 0 spiro atoms. The zero-order chi connectivity index (χ0) is 13.8. The third-order valence-corrected chi connectivity index (χ3v) is 4.11. The molecule has 2 atom stereocenters. The molecular weight excluding hydrogens is 244 g/mol. The van der Waals surface area contributed by atoms with Crippen molar-refractivity contribution >= 4 is 11.8 Å². The molecule has 2 amide bonds. The number of amides is 2. The highest BCUT2D eigenvalue weighted by Crippen LogP contribution is 2.23. The maximum absolute atomic E-state index is 12.0. The van der Waals surface area contributed by atoms with Gasteiger partial charge in [-0.15, -0.1) is 0 Å². The number of carbonyl (C=O) groups excluding carboxylic acids is 2. The van der Waals surface area contributed by atoms with Crippen LogP contribution in [0.2, 0.25) is 0 Å². The number of rotatable bonds is 4. The molecule has 0 aromatic rings. The summed E-state index contributed by atoms with van der Waals surface area (Å²) in [4.78, 5) is 28.0. The van der Waals surface area contributed by atoms with E-state index in [0.717, 1.165) is 32.4 Å². The predicted octanol–water partition coefficient (Wildman–Crippen LogP) is -0.996. The quantitative estimate of drug-likeness (QED) is 0.686. The van der Waals surface area contributed by atoms with Gasteiger partial charge in [0.1, 0.15) is 0 Å². The molecule has 0 aromatic carbocycles. The SMILES string of the molecule is CN1CCC(N2CCCC(C(=O)NCCN)C2)C1=O. The molecule has 2 aliphatic rings. The van der Waals surface area contributed by atoms with Crippen molar-refractivity contribution in [3.8, 4) is 0 Å². The molecule has 0 aliphatic carbocycles. The van der Waals surface area contributed by atoms with Crippen molar-refractivity contribution in [3.63, 3.8) is 0 Å². The summed E-state index contributed by atoms with van der Waals surface area (Å²) in [5, 5.41) is 2.85. The summed E-state index contributed by atoms with van der Waals surface area (Å²) in [7, 11) is 1.84. The van der Waals surface area contributed by atoms with Crippen LogP contribution >= 0.6 is 0 Å². The van der Waals surface area contributed by atoms with Crippen molar-refractivity contribution in [2.45, 2.75) is 25.3 Å². The smallest absolute Gasteiger partial charge is 0.239 e. The largest absolute Gasteiger partial charge is 0.355 e. The topological polar surface area (TPSA) is 78.7 Å². The van der Waals surface area contributed by atoms with Gasteiger partial charge in [0.05, 0.1) is 12.0 Å². The molecule has 2 unspecified atom stereocenters. The van der Waals surface area contributed by atoms with E-state index in [1.807, 2.05) is 7.05 Å². The van der Waals surface area contributed by atoms with Gasteiger partial charge in [0.15, 0.2) is 0 Å². The lowest BCUT2D eigenvalue weighted by Gasteiger charge is -2.35. The van der Waals surface area contributed by atoms with Gasteiger partial charge in [0.25, 0.3) is 0 Å². The van der Waals surface area contributed by atoms with E-state index in [1.165, 1.54) is 0 Å². The van der Waals surface area contributed by atoms with Crippen molar-refractivity contribution in [2.75, 3.05) is 39.8 Å². The maximum Gasteiger partial charge on any atom is 0.239 e. The fourth-order valence-electron chi connectivity index (χ4n) is 2.99. The number of nitrogens with two attached hydrogens (primary N) is 1. The fourth-order valence-corrected chi connectivity index (χ4v) is 2.99. The Labute approximate surface area is 114 Å². The van der Waals surface area contributed by atoms with Gasteiger partial charge in [0, 0.05) is 33.2 Å². The molecule has 0 aromatic heterocycles. The number of nitrogens with zero attached hydrogens (tertiary/aromatic N) is 2. The molecule has 0 radical (unpaired) electrons. The second kappa shape index (κ2) is 6.34. The van der Waals surface area contributed by atoms with Crippen molar-refractivity contribution in [1.82, 2.24) is 15.1 Å². The Hall–Kier alpha value is -1.14. The maximum atomic E-state index is 12.0. The molecule has 2 rings (SSSR count). The van der Waals surface area contributed by atoms with E-state index in [2.05, 4.69) is 10.2 Å². The molecular formula is C13H24N4O2. The summed E-state index contributed by atoms with van der Waals surface area (Å²) in [5.74, 6) is 0.274. The highest BCUT2D eigenvalue weighted by molar-refractivity contribution is 5.84. The van der Waals surface area contributed by atoms with E-state index in [-0.39, 0.29) is 23.8 Å². The monoisotopic (exact) mass is 268 g/mol. The number of nitrogens with one attached hydrogen (secondary N) is 1. The molecule has 6 nitrogen and oxygen atoms in total. The first kappa shape index (κ1) is 14.3. The summed E-state index contributed by atoms with van der Waals surface area (Å²) < 4.78 is 0. The Morgan fingerprint density at radius 2 is 2.21 bits per heavy atom. The third kappa shape index (κ3) is 3.25. The Bertz CT molecular complexity index is 348. The van der Waals surface area contributed by atoms with E-state index in [0.29, 0.717) is 19.6 Å². The summed E-state index contributed by atoms with van der Waals surface area (Å²) >= 11 is 0. The van der Waals surface area contributed by atoms with Crippen LogP contribution in [-0.4, -0.2) is 67.4 Å². The number of hydrogen-bond donors (Lipinski definition) is 2. The average molecular weight is 268 g/mol. The van der Waals surface area contributed by atoms with Crippen LogP contribution in [-0.2, 0) is 9.59 Å². The van der Waals surface area contributed by atoms with Crippen molar-refractivity contribution in [2.24, 2.45) is 11.7 Å². The molecule has 108 valence electrons. The minimum Gasteiger partial charge on any atom is -0.355 e. The number of piperidine rings is 1. The number of carbonyl (C=O) groups is 2. The zero-order valence-corrected chi connectivity index (χ0v) is 11.6. The third-order valence-electron chi connectivity index (χ3n) is 4.11. The number of likely N-dealkylation sites (N-methyl/N-ethyl adjacent to an activating group) is 1. The van der Waals surface area contributed by atoms with Gasteiger partial charge in [-0.1, -0.05) is 0 Å². The van der Waals surface area contributed by atoms with Crippen LogP contribution in [0.25, 0.3) is 0 Å². The Morgan fingerprint density at radius 1 is 1.42 bits per heavy atom. The van der Waals surface area contributed by atoms with Crippen LogP contribution in [0.1, 0.15) is 19.3 Å². The van der Waals surface area contributed by atoms with E-state index in [4.69, 9.17) is 5.73 Å². The Morgan fingerprint density at radius 3 is 2.84 bits per heavy atom. The van der Waals surface area contributed by atoms with Gasteiger partial charge in [-0.2, -0.15) is 0 Å².